The first-order valence-electron chi connectivity index (χ1n) is 11.4. The van der Waals surface area contributed by atoms with Crippen LogP contribution in [0.15, 0.2) is 54.1 Å². The van der Waals surface area contributed by atoms with Gasteiger partial charge in [-0.05, 0) is 79.4 Å². The van der Waals surface area contributed by atoms with E-state index in [0.29, 0.717) is 12.0 Å². The van der Waals surface area contributed by atoms with E-state index >= 15 is 0 Å². The van der Waals surface area contributed by atoms with E-state index in [1.54, 1.807) is 18.3 Å². The lowest BCUT2D eigenvalue weighted by Gasteiger charge is -2.21. The SMILES string of the molecule is CCC(O)CNC(=O)/C(C#N)=C(\C)c1ccc(-c2ccc3cc(N(CC)CC)ccc3c2)s1. The Morgan fingerprint density at radius 1 is 1.09 bits per heavy atom. The van der Waals surface area contributed by atoms with Crippen LogP contribution in [0.3, 0.4) is 0 Å². The average Bonchev–Trinajstić information content (AvgIpc) is 3.33. The zero-order valence-corrected chi connectivity index (χ0v) is 20.5. The van der Waals surface area contributed by atoms with Gasteiger partial charge >= 0.3 is 0 Å². The summed E-state index contributed by atoms with van der Waals surface area (Å²) in [5, 5.41) is 24.3. The standard InChI is InChI=1S/C27H31N3O2S/c1-5-23(31)17-29-27(32)24(16-28)18(4)25-12-13-26(33-25)21-9-8-20-15-22(30(6-2)7-3)11-10-19(20)14-21/h8-15,23,31H,5-7,17H2,1-4H3,(H,29,32)/b24-18+. The summed E-state index contributed by atoms with van der Waals surface area (Å²) in [6.07, 6.45) is -0.0691. The summed E-state index contributed by atoms with van der Waals surface area (Å²) < 4.78 is 0. The first kappa shape index (κ1) is 24.5. The van der Waals surface area contributed by atoms with Gasteiger partial charge in [-0.2, -0.15) is 5.26 Å². The number of benzene rings is 2. The van der Waals surface area contributed by atoms with E-state index in [-0.39, 0.29) is 12.1 Å². The summed E-state index contributed by atoms with van der Waals surface area (Å²) >= 11 is 1.56. The number of hydrogen-bond acceptors (Lipinski definition) is 5. The molecule has 1 heterocycles. The second-order valence-electron chi connectivity index (χ2n) is 7.97. The van der Waals surface area contributed by atoms with Crippen LogP contribution in [0.4, 0.5) is 5.69 Å². The fraction of sp³-hybridized carbons (Fsp3) is 0.333. The second-order valence-corrected chi connectivity index (χ2v) is 9.05. The van der Waals surface area contributed by atoms with E-state index in [1.165, 1.54) is 16.5 Å². The average molecular weight is 462 g/mol. The predicted molar refractivity (Wildman–Crippen MR) is 138 cm³/mol. The number of anilines is 1. The van der Waals surface area contributed by atoms with Crippen molar-refractivity contribution in [3.63, 3.8) is 0 Å². The van der Waals surface area contributed by atoms with Crippen molar-refractivity contribution in [3.8, 4) is 16.5 Å². The number of carbonyl (C=O) groups is 1. The van der Waals surface area contributed by atoms with Gasteiger partial charge in [0.05, 0.1) is 6.10 Å². The highest BCUT2D eigenvalue weighted by molar-refractivity contribution is 7.16. The highest BCUT2D eigenvalue weighted by Gasteiger charge is 2.16. The van der Waals surface area contributed by atoms with E-state index < -0.39 is 12.0 Å². The molecule has 2 aromatic carbocycles. The van der Waals surface area contributed by atoms with E-state index in [9.17, 15) is 15.2 Å². The zero-order valence-electron chi connectivity index (χ0n) is 19.7. The second kappa shape index (κ2) is 11.1. The molecule has 0 aliphatic carbocycles. The fourth-order valence-electron chi connectivity index (χ4n) is 3.74. The summed E-state index contributed by atoms with van der Waals surface area (Å²) in [5.41, 5.74) is 3.06. The molecular weight excluding hydrogens is 430 g/mol. The van der Waals surface area contributed by atoms with Gasteiger partial charge in [-0.1, -0.05) is 25.1 Å². The number of carbonyl (C=O) groups excluding carboxylic acids is 1. The minimum absolute atomic E-state index is 0.0779. The van der Waals surface area contributed by atoms with Crippen LogP contribution >= 0.6 is 11.3 Å². The minimum Gasteiger partial charge on any atom is -0.391 e. The van der Waals surface area contributed by atoms with Crippen LogP contribution in [-0.4, -0.2) is 36.8 Å². The van der Waals surface area contributed by atoms with Crippen molar-refractivity contribution in [2.45, 2.75) is 40.2 Å². The molecule has 172 valence electrons. The van der Waals surface area contributed by atoms with Crippen LogP contribution in [-0.2, 0) is 4.79 Å². The maximum Gasteiger partial charge on any atom is 0.262 e. The molecule has 0 bridgehead atoms. The number of allylic oxidation sites excluding steroid dienone is 1. The lowest BCUT2D eigenvalue weighted by Crippen LogP contribution is -2.32. The predicted octanol–water partition coefficient (Wildman–Crippen LogP) is 5.60. The van der Waals surface area contributed by atoms with Crippen molar-refractivity contribution in [3.05, 3.63) is 59.0 Å². The summed E-state index contributed by atoms with van der Waals surface area (Å²) in [7, 11) is 0. The first-order valence-corrected chi connectivity index (χ1v) is 12.2. The number of hydrogen-bond donors (Lipinski definition) is 2. The summed E-state index contributed by atoms with van der Waals surface area (Å²) in [6, 6.07) is 19.0. The number of nitrogens with zero attached hydrogens (tertiary/aromatic N) is 2. The normalized spacial score (nSPS) is 12.7. The molecule has 6 heteroatoms. The Morgan fingerprint density at radius 2 is 1.79 bits per heavy atom. The Bertz CT molecular complexity index is 1200. The third-order valence-electron chi connectivity index (χ3n) is 5.90. The molecule has 5 nitrogen and oxygen atoms in total. The zero-order chi connectivity index (χ0) is 24.0. The lowest BCUT2D eigenvalue weighted by molar-refractivity contribution is -0.117. The molecule has 33 heavy (non-hydrogen) atoms. The maximum atomic E-state index is 12.5. The Morgan fingerprint density at radius 3 is 2.45 bits per heavy atom. The van der Waals surface area contributed by atoms with Crippen molar-refractivity contribution in [2.24, 2.45) is 0 Å². The summed E-state index contributed by atoms with van der Waals surface area (Å²) in [4.78, 5) is 16.7. The van der Waals surface area contributed by atoms with Crippen molar-refractivity contribution >= 4 is 39.3 Å². The fourth-order valence-corrected chi connectivity index (χ4v) is 4.75. The largest absolute Gasteiger partial charge is 0.391 e. The molecule has 1 unspecified atom stereocenters. The van der Waals surface area contributed by atoms with Crippen LogP contribution in [0.1, 0.15) is 39.0 Å². The third kappa shape index (κ3) is 5.62. The molecule has 3 rings (SSSR count). The van der Waals surface area contributed by atoms with Crippen molar-refractivity contribution in [1.82, 2.24) is 5.32 Å². The van der Waals surface area contributed by atoms with Crippen molar-refractivity contribution in [1.29, 1.82) is 5.26 Å². The smallest absolute Gasteiger partial charge is 0.262 e. The van der Waals surface area contributed by atoms with E-state index in [1.807, 2.05) is 25.1 Å². The Kier molecular flexibility index (Phi) is 8.26. The minimum atomic E-state index is -0.612. The van der Waals surface area contributed by atoms with Crippen LogP contribution < -0.4 is 10.2 Å². The number of fused-ring (bicyclic) bond motifs is 1. The molecular formula is C27H31N3O2S. The van der Waals surface area contributed by atoms with Crippen LogP contribution in [0.2, 0.25) is 0 Å². The number of thiophene rings is 1. The van der Waals surface area contributed by atoms with Crippen LogP contribution in [0.25, 0.3) is 26.8 Å². The maximum absolute atomic E-state index is 12.5. The lowest BCUT2D eigenvalue weighted by atomic mass is 10.0. The molecule has 0 saturated heterocycles. The van der Waals surface area contributed by atoms with E-state index in [4.69, 9.17) is 0 Å². The highest BCUT2D eigenvalue weighted by atomic mass is 32.1. The Hall–Kier alpha value is -3.14. The van der Waals surface area contributed by atoms with Gasteiger partial charge in [0.1, 0.15) is 11.6 Å². The molecule has 0 spiro atoms. The molecule has 2 N–H and O–H groups in total. The molecule has 1 amide bonds. The van der Waals surface area contributed by atoms with Gasteiger partial charge in [-0.25, -0.2) is 0 Å². The van der Waals surface area contributed by atoms with Crippen molar-refractivity contribution in [2.75, 3.05) is 24.5 Å². The molecule has 0 aliphatic heterocycles. The van der Waals surface area contributed by atoms with Gasteiger partial charge in [-0.15, -0.1) is 11.3 Å². The summed E-state index contributed by atoms with van der Waals surface area (Å²) in [5.74, 6) is -0.452. The van der Waals surface area contributed by atoms with Crippen molar-refractivity contribution < 1.29 is 9.90 Å². The van der Waals surface area contributed by atoms with E-state index in [0.717, 1.165) is 28.4 Å². The van der Waals surface area contributed by atoms with Crippen LogP contribution in [0, 0.1) is 11.3 Å². The van der Waals surface area contributed by atoms with E-state index in [2.05, 4.69) is 60.5 Å². The van der Waals surface area contributed by atoms with Gasteiger partial charge in [0.25, 0.3) is 5.91 Å². The number of aliphatic hydroxyl groups is 1. The highest BCUT2D eigenvalue weighted by Crippen LogP contribution is 2.35. The quantitative estimate of drug-likeness (QED) is 0.321. The number of amides is 1. The monoisotopic (exact) mass is 461 g/mol. The molecule has 1 atom stereocenters. The number of aliphatic hydroxyl groups excluding tert-OH is 1. The number of rotatable bonds is 9. The molecule has 1 aromatic heterocycles. The molecule has 0 fully saturated rings. The van der Waals surface area contributed by atoms with Gasteiger partial charge in [0, 0.05) is 35.1 Å². The third-order valence-corrected chi connectivity index (χ3v) is 7.15. The van der Waals surface area contributed by atoms with Gasteiger partial charge in [0.2, 0.25) is 0 Å². The Labute approximate surface area is 200 Å². The summed E-state index contributed by atoms with van der Waals surface area (Å²) in [6.45, 7) is 10.1. The Balaban J connectivity index is 1.86. The van der Waals surface area contributed by atoms with Crippen LogP contribution in [0.5, 0.6) is 0 Å². The first-order chi connectivity index (χ1) is 15.9. The van der Waals surface area contributed by atoms with Gasteiger partial charge < -0.3 is 15.3 Å². The van der Waals surface area contributed by atoms with Gasteiger partial charge in [0.15, 0.2) is 0 Å². The number of nitriles is 1. The number of nitrogens with one attached hydrogen (secondary N) is 1. The van der Waals surface area contributed by atoms with Gasteiger partial charge in [-0.3, -0.25) is 4.79 Å². The molecule has 3 aromatic rings. The molecule has 0 aliphatic rings. The molecule has 0 saturated carbocycles. The topological polar surface area (TPSA) is 76.4 Å². The molecule has 0 radical (unpaired) electrons.